The fraction of sp³-hybridized carbons (Fsp3) is 0.651. The summed E-state index contributed by atoms with van der Waals surface area (Å²) in [6.45, 7) is 15.4. The van der Waals surface area contributed by atoms with Gasteiger partial charge in [-0.25, -0.2) is 9.59 Å². The second kappa shape index (κ2) is 10.9. The van der Waals surface area contributed by atoms with Crippen LogP contribution in [0.2, 0.25) is 0 Å². The van der Waals surface area contributed by atoms with Gasteiger partial charge >= 0.3 is 23.9 Å². The predicted octanol–water partition coefficient (Wildman–Crippen LogP) is 1.61. The molecule has 1 aromatic carbocycles. The zero-order chi connectivity index (χ0) is 41.9. The van der Waals surface area contributed by atoms with Crippen LogP contribution in [0.3, 0.4) is 0 Å². The number of rotatable bonds is 3. The number of epoxide rings is 2. The first-order valence-corrected chi connectivity index (χ1v) is 20.4. The highest BCUT2D eigenvalue weighted by molar-refractivity contribution is 6.05. The second-order valence-electron chi connectivity index (χ2n) is 19.4. The van der Waals surface area contributed by atoms with Gasteiger partial charge in [-0.05, 0) is 65.7 Å². The van der Waals surface area contributed by atoms with Crippen LogP contribution in [0.4, 0.5) is 0 Å². The number of hydrogen-bond acceptors (Lipinski definition) is 15. The van der Waals surface area contributed by atoms with Crippen molar-refractivity contribution in [3.63, 3.8) is 0 Å². The van der Waals surface area contributed by atoms with Crippen LogP contribution in [-0.4, -0.2) is 128 Å². The van der Waals surface area contributed by atoms with Gasteiger partial charge in [-0.3, -0.25) is 14.6 Å². The lowest BCUT2D eigenvalue weighted by atomic mass is 9.52. The van der Waals surface area contributed by atoms with Gasteiger partial charge in [0.2, 0.25) is 11.2 Å². The number of methoxy groups -OCH3 is 1. The van der Waals surface area contributed by atoms with Gasteiger partial charge in [-0.15, -0.1) is 0 Å². The monoisotopic (exact) mass is 816 g/mol. The number of aromatic amines is 1. The molecular formula is C43H48N2O14. The number of hydrogen-bond donors (Lipinski definition) is 4. The highest BCUT2D eigenvalue weighted by Gasteiger charge is 2.97. The van der Waals surface area contributed by atoms with Crippen molar-refractivity contribution in [2.75, 3.05) is 13.7 Å². The molecule has 16 atom stereocenters. The molecule has 13 rings (SSSR count). The van der Waals surface area contributed by atoms with E-state index in [4.69, 9.17) is 33.2 Å². The summed E-state index contributed by atoms with van der Waals surface area (Å²) in [7, 11) is 1.69. The molecular weight excluding hydrogens is 768 g/mol. The summed E-state index contributed by atoms with van der Waals surface area (Å²) in [5.41, 5.74) is -2.66. The average molecular weight is 817 g/mol. The number of nitrogens with zero attached hydrogens (tertiary/aromatic N) is 1. The molecule has 4 N–H and O–H groups in total. The van der Waals surface area contributed by atoms with E-state index in [1.165, 1.54) is 16.6 Å². The number of esters is 4. The van der Waals surface area contributed by atoms with Gasteiger partial charge in [0.1, 0.15) is 30.2 Å². The summed E-state index contributed by atoms with van der Waals surface area (Å²) in [4.78, 5) is 57.3. The van der Waals surface area contributed by atoms with Crippen LogP contribution in [0.1, 0.15) is 65.6 Å². The molecule has 2 aromatic rings. The van der Waals surface area contributed by atoms with E-state index in [1.54, 1.807) is 34.8 Å². The van der Waals surface area contributed by atoms with Crippen molar-refractivity contribution in [2.24, 2.45) is 39.5 Å². The summed E-state index contributed by atoms with van der Waals surface area (Å²) in [5, 5.41) is 34.6. The summed E-state index contributed by atoms with van der Waals surface area (Å²) >= 11 is 0. The lowest BCUT2D eigenvalue weighted by Crippen LogP contribution is -2.68. The van der Waals surface area contributed by atoms with Crippen LogP contribution in [-0.2, 0) is 54.0 Å². The zero-order valence-corrected chi connectivity index (χ0v) is 33.8. The van der Waals surface area contributed by atoms with Crippen molar-refractivity contribution in [3.05, 3.63) is 41.6 Å². The van der Waals surface area contributed by atoms with E-state index in [2.05, 4.69) is 29.5 Å². The van der Waals surface area contributed by atoms with Gasteiger partial charge in [0.15, 0.2) is 12.2 Å². The molecule has 0 radical (unpaired) electrons. The average Bonchev–Trinajstić information content (AvgIpc) is 3.70. The Morgan fingerprint density at radius 2 is 1.46 bits per heavy atom. The Balaban J connectivity index is 0.000000102. The van der Waals surface area contributed by atoms with Gasteiger partial charge in [-0.2, -0.15) is 0 Å². The number of aromatic nitrogens is 1. The van der Waals surface area contributed by atoms with E-state index in [0.29, 0.717) is 0 Å². The standard InChI is InChI=1S/C15H18O7.C15H16O6.C13H14N2O/c1-12(2,18)6-7-10(16)20-8(6)9-13(3)14(7,19)4-5-15(13,22-5)11(17)21-9;1-5(2)7-8-11(16)19-9(7)10-13(3)14(8,18)4-6-15(13,21-6)12(17)20-10;1-8-13-11(5-6-14-8)10-4-3-9(16-2)7-12(10)15-13/h5-9,18-19H,4H2,1-3H3;6-10,18H,1,4H2,2-3H3;3-4,7,15H,5-6H2,1-2H3/t5-,6+,7-,8-,9-,13-,14-,15+;6-,7+,8-,9-,10-,13-,14-,15+;/m11./s1. The molecule has 10 fully saturated rings. The smallest absolute Gasteiger partial charge is 0.342 e. The largest absolute Gasteiger partial charge is 0.497 e. The fourth-order valence-electron chi connectivity index (χ4n) is 13.8. The third-order valence-electron chi connectivity index (χ3n) is 16.6. The number of nitrogens with one attached hydrogen (secondary N) is 1. The Morgan fingerprint density at radius 3 is 2.03 bits per heavy atom. The summed E-state index contributed by atoms with van der Waals surface area (Å²) in [5.74, 6) is -3.48. The molecule has 16 nitrogen and oxygen atoms in total. The van der Waals surface area contributed by atoms with Gasteiger partial charge in [0.05, 0.1) is 58.0 Å². The van der Waals surface area contributed by atoms with Crippen LogP contribution in [0.5, 0.6) is 5.75 Å². The Labute approximate surface area is 338 Å². The van der Waals surface area contributed by atoms with E-state index < -0.39 is 111 Å². The van der Waals surface area contributed by atoms with Crippen LogP contribution in [0.15, 0.2) is 35.3 Å². The Hall–Kier alpha value is -4.35. The molecule has 59 heavy (non-hydrogen) atoms. The highest BCUT2D eigenvalue weighted by atomic mass is 16.7. The molecule has 2 spiro atoms. The Bertz CT molecular complexity index is 2380. The quantitative estimate of drug-likeness (QED) is 0.150. The Morgan fingerprint density at radius 1 is 0.898 bits per heavy atom. The second-order valence-corrected chi connectivity index (χ2v) is 19.4. The van der Waals surface area contributed by atoms with Crippen LogP contribution < -0.4 is 4.74 Å². The molecule has 11 aliphatic rings. The lowest BCUT2D eigenvalue weighted by Gasteiger charge is -2.53. The van der Waals surface area contributed by atoms with Crippen molar-refractivity contribution >= 4 is 40.5 Å². The van der Waals surface area contributed by atoms with E-state index in [9.17, 15) is 34.5 Å². The van der Waals surface area contributed by atoms with Gasteiger partial charge in [0, 0.05) is 48.2 Å². The maximum absolute atomic E-state index is 12.4. The van der Waals surface area contributed by atoms with E-state index >= 15 is 0 Å². The summed E-state index contributed by atoms with van der Waals surface area (Å²) in [6.07, 6.45) is -2.09. The molecule has 7 aliphatic heterocycles. The minimum absolute atomic E-state index is 0.189. The highest BCUT2D eigenvalue weighted by Crippen LogP contribution is 2.78. The van der Waals surface area contributed by atoms with Gasteiger partial charge in [-0.1, -0.05) is 12.2 Å². The zero-order valence-electron chi connectivity index (χ0n) is 33.8. The number of carbonyl (C=O) groups is 4. The van der Waals surface area contributed by atoms with Crippen molar-refractivity contribution in [1.82, 2.24) is 4.98 Å². The molecule has 16 heteroatoms. The van der Waals surface area contributed by atoms with Crippen molar-refractivity contribution < 1.29 is 67.7 Å². The van der Waals surface area contributed by atoms with Gasteiger partial charge < -0.3 is 53.5 Å². The Kier molecular flexibility index (Phi) is 6.97. The SMILES string of the molecule is C=C(C)[C@@H]1[C@H]2OC(=O)[C@@H]1[C@]1(O)C[C@H]3O[C@]34C(=O)O[C@H]2[C@]14C.CC(C)(O)[C@@H]1[C@H]2OC(=O)[C@@H]1[C@]1(O)C[C@H]3O[C@]34C(=O)O[C@H]2[C@]14C.COc1ccc2c3c([nH]c2c1)C(C)=NCC3. The van der Waals surface area contributed by atoms with Crippen LogP contribution >= 0.6 is 0 Å². The lowest BCUT2D eigenvalue weighted by molar-refractivity contribution is -0.223. The van der Waals surface area contributed by atoms with Crippen LogP contribution in [0.25, 0.3) is 10.9 Å². The van der Waals surface area contributed by atoms with Crippen molar-refractivity contribution in [1.29, 1.82) is 0 Å². The third-order valence-corrected chi connectivity index (χ3v) is 16.6. The number of aliphatic hydroxyl groups is 3. The first kappa shape index (κ1) is 37.6. The van der Waals surface area contributed by atoms with Crippen LogP contribution in [0, 0.1) is 34.5 Å². The normalized spacial score (nSPS) is 48.7. The molecule has 0 amide bonds. The van der Waals surface area contributed by atoms with Gasteiger partial charge in [0.25, 0.3) is 0 Å². The number of benzene rings is 1. The van der Waals surface area contributed by atoms with E-state index in [1.807, 2.05) is 19.1 Å². The number of carbonyl (C=O) groups excluding carboxylic acids is 4. The molecule has 8 heterocycles. The first-order valence-electron chi connectivity index (χ1n) is 20.4. The number of ether oxygens (including phenoxy) is 7. The molecule has 6 saturated heterocycles. The van der Waals surface area contributed by atoms with Crippen molar-refractivity contribution in [2.45, 2.75) is 125 Å². The van der Waals surface area contributed by atoms with Crippen molar-refractivity contribution in [3.8, 4) is 5.75 Å². The number of fused-ring (bicyclic) bond motifs is 11. The molecule has 4 bridgehead atoms. The molecule has 1 aromatic heterocycles. The summed E-state index contributed by atoms with van der Waals surface area (Å²) in [6, 6.07) is 6.18. The third kappa shape index (κ3) is 3.94. The van der Waals surface area contributed by atoms with E-state index in [-0.39, 0.29) is 24.9 Å². The maximum Gasteiger partial charge on any atom is 0.342 e. The molecule has 314 valence electrons. The summed E-state index contributed by atoms with van der Waals surface area (Å²) < 4.78 is 38.4. The molecule has 4 saturated carbocycles. The minimum atomic E-state index is -1.47. The molecule has 0 unspecified atom stereocenters. The number of aliphatic imine (C=N–C) groups is 1. The molecule has 4 aliphatic carbocycles. The first-order chi connectivity index (χ1) is 27.7. The number of H-pyrrole nitrogens is 1. The minimum Gasteiger partial charge on any atom is -0.497 e. The topological polar surface area (TPSA) is 228 Å². The fourth-order valence-corrected chi connectivity index (χ4v) is 13.8. The van der Waals surface area contributed by atoms with E-state index in [0.717, 1.165) is 35.5 Å². The predicted molar refractivity (Wildman–Crippen MR) is 201 cm³/mol. The maximum atomic E-state index is 12.4.